The molecular weight excluding hydrogens is 308 g/mol. The summed E-state index contributed by atoms with van der Waals surface area (Å²) in [5, 5.41) is 2.70. The van der Waals surface area contributed by atoms with Crippen LogP contribution in [0.2, 0.25) is 0 Å². The minimum Gasteiger partial charge on any atom is -0.355 e. The smallest absolute Gasteiger partial charge is 0.251 e. The second-order valence-corrected chi connectivity index (χ2v) is 7.26. The number of nitrogens with one attached hydrogen (secondary N) is 1. The van der Waals surface area contributed by atoms with Gasteiger partial charge in [0.1, 0.15) is 0 Å². The van der Waals surface area contributed by atoms with Crippen LogP contribution in [0.3, 0.4) is 0 Å². The second kappa shape index (κ2) is 7.01. The molecule has 1 aliphatic carbocycles. The Labute approximate surface area is 150 Å². The van der Waals surface area contributed by atoms with E-state index in [0.29, 0.717) is 5.56 Å². The molecule has 1 aliphatic heterocycles. The van der Waals surface area contributed by atoms with Crippen LogP contribution >= 0.6 is 0 Å². The molecule has 0 atom stereocenters. The minimum absolute atomic E-state index is 0.0345. The highest BCUT2D eigenvalue weighted by Crippen LogP contribution is 2.29. The number of hydrogen-bond donors (Lipinski definition) is 1. The number of fused-ring (bicyclic) bond motifs is 1. The second-order valence-electron chi connectivity index (χ2n) is 7.26. The summed E-state index contributed by atoms with van der Waals surface area (Å²) in [6.07, 6.45) is 6.46. The quantitative estimate of drug-likeness (QED) is 0.929. The number of carbonyl (C=O) groups excluding carboxylic acids is 1. The van der Waals surface area contributed by atoms with Crippen LogP contribution in [0.1, 0.15) is 40.7 Å². The zero-order chi connectivity index (χ0) is 17.2. The highest BCUT2D eigenvalue weighted by molar-refractivity contribution is 5.95. The molecule has 1 saturated carbocycles. The van der Waals surface area contributed by atoms with Gasteiger partial charge in [-0.15, -0.1) is 0 Å². The van der Waals surface area contributed by atoms with Gasteiger partial charge in [-0.3, -0.25) is 9.69 Å². The van der Waals surface area contributed by atoms with Crippen LogP contribution in [-0.4, -0.2) is 37.0 Å². The standard InChI is InChI=1S/C22H26N2O/c1-23-22(25)20-5-2-4-17(15-20)18-9-8-16-10-12-24(21-6-3-7-21)13-11-19(16)14-18/h2,4-5,8-9,14-15,21H,3,6-7,10-13H2,1H3,(H,23,25). The number of hydrogen-bond acceptors (Lipinski definition) is 2. The Morgan fingerprint density at radius 2 is 1.76 bits per heavy atom. The van der Waals surface area contributed by atoms with Gasteiger partial charge >= 0.3 is 0 Å². The maximum atomic E-state index is 11.9. The van der Waals surface area contributed by atoms with Crippen LogP contribution < -0.4 is 5.32 Å². The summed E-state index contributed by atoms with van der Waals surface area (Å²) >= 11 is 0. The molecule has 0 saturated heterocycles. The molecule has 0 spiro atoms. The van der Waals surface area contributed by atoms with Gasteiger partial charge in [-0.05, 0) is 60.1 Å². The molecule has 1 amide bonds. The maximum Gasteiger partial charge on any atom is 0.251 e. The predicted octanol–water partition coefficient (Wildman–Crippen LogP) is 3.67. The van der Waals surface area contributed by atoms with E-state index in [9.17, 15) is 4.79 Å². The Balaban J connectivity index is 1.58. The number of benzene rings is 2. The lowest BCUT2D eigenvalue weighted by Crippen LogP contribution is -2.41. The van der Waals surface area contributed by atoms with Crippen molar-refractivity contribution in [2.75, 3.05) is 20.1 Å². The van der Waals surface area contributed by atoms with Gasteiger partial charge in [-0.1, -0.05) is 36.8 Å². The van der Waals surface area contributed by atoms with E-state index < -0.39 is 0 Å². The maximum absolute atomic E-state index is 11.9. The first-order valence-corrected chi connectivity index (χ1v) is 9.43. The molecule has 1 N–H and O–H groups in total. The van der Waals surface area contributed by atoms with Crippen molar-refractivity contribution in [1.82, 2.24) is 10.2 Å². The molecule has 130 valence electrons. The number of rotatable bonds is 3. The van der Waals surface area contributed by atoms with Crippen molar-refractivity contribution in [2.45, 2.75) is 38.1 Å². The fourth-order valence-corrected chi connectivity index (χ4v) is 4.02. The van der Waals surface area contributed by atoms with Gasteiger partial charge < -0.3 is 5.32 Å². The molecule has 4 rings (SSSR count). The van der Waals surface area contributed by atoms with E-state index in [-0.39, 0.29) is 5.91 Å². The van der Waals surface area contributed by atoms with Crippen LogP contribution in [0.15, 0.2) is 42.5 Å². The Hall–Kier alpha value is -2.13. The fraction of sp³-hybridized carbons (Fsp3) is 0.409. The molecule has 1 heterocycles. The van der Waals surface area contributed by atoms with Crippen molar-refractivity contribution in [3.05, 3.63) is 59.2 Å². The molecule has 2 aromatic carbocycles. The van der Waals surface area contributed by atoms with E-state index in [1.54, 1.807) is 7.05 Å². The summed E-state index contributed by atoms with van der Waals surface area (Å²) in [6.45, 7) is 2.38. The van der Waals surface area contributed by atoms with E-state index in [0.717, 1.165) is 24.4 Å². The molecule has 0 radical (unpaired) electrons. The Bertz CT molecular complexity index is 779. The average Bonchev–Trinajstić information content (AvgIpc) is 2.82. The molecule has 2 aromatic rings. The van der Waals surface area contributed by atoms with Crippen molar-refractivity contribution < 1.29 is 4.79 Å². The van der Waals surface area contributed by atoms with Gasteiger partial charge in [0.05, 0.1) is 0 Å². The molecule has 2 aliphatic rings. The van der Waals surface area contributed by atoms with Crippen molar-refractivity contribution in [1.29, 1.82) is 0 Å². The SMILES string of the molecule is CNC(=O)c1cccc(-c2ccc3c(c2)CCN(C2CCC2)CC3)c1. The molecule has 0 aromatic heterocycles. The van der Waals surface area contributed by atoms with E-state index in [2.05, 4.69) is 34.5 Å². The van der Waals surface area contributed by atoms with E-state index in [1.165, 1.54) is 49.0 Å². The summed E-state index contributed by atoms with van der Waals surface area (Å²) in [5.74, 6) is -0.0345. The normalized spacial score (nSPS) is 18.1. The number of carbonyl (C=O) groups is 1. The monoisotopic (exact) mass is 334 g/mol. The van der Waals surface area contributed by atoms with Crippen LogP contribution in [-0.2, 0) is 12.8 Å². The lowest BCUT2D eigenvalue weighted by molar-refractivity contribution is 0.0963. The summed E-state index contributed by atoms with van der Waals surface area (Å²) in [7, 11) is 1.67. The van der Waals surface area contributed by atoms with Gasteiger partial charge in [0.2, 0.25) is 0 Å². The van der Waals surface area contributed by atoms with Gasteiger partial charge in [0.25, 0.3) is 5.91 Å². The van der Waals surface area contributed by atoms with E-state index in [4.69, 9.17) is 0 Å². The van der Waals surface area contributed by atoms with Crippen molar-refractivity contribution >= 4 is 5.91 Å². The van der Waals surface area contributed by atoms with Crippen molar-refractivity contribution in [2.24, 2.45) is 0 Å². The first-order valence-electron chi connectivity index (χ1n) is 9.43. The predicted molar refractivity (Wildman–Crippen MR) is 102 cm³/mol. The Kier molecular flexibility index (Phi) is 4.58. The molecule has 1 fully saturated rings. The van der Waals surface area contributed by atoms with Gasteiger partial charge in [0, 0.05) is 31.7 Å². The van der Waals surface area contributed by atoms with Gasteiger partial charge in [-0.2, -0.15) is 0 Å². The van der Waals surface area contributed by atoms with Crippen molar-refractivity contribution in [3.63, 3.8) is 0 Å². The fourth-order valence-electron chi connectivity index (χ4n) is 4.02. The highest BCUT2D eigenvalue weighted by atomic mass is 16.1. The van der Waals surface area contributed by atoms with Crippen LogP contribution in [0.5, 0.6) is 0 Å². The van der Waals surface area contributed by atoms with Gasteiger partial charge in [0.15, 0.2) is 0 Å². The zero-order valence-electron chi connectivity index (χ0n) is 14.9. The topological polar surface area (TPSA) is 32.3 Å². The molecule has 0 unspecified atom stereocenters. The largest absolute Gasteiger partial charge is 0.355 e. The zero-order valence-corrected chi connectivity index (χ0v) is 14.9. The first kappa shape index (κ1) is 16.3. The molecule has 0 bridgehead atoms. The van der Waals surface area contributed by atoms with E-state index in [1.807, 2.05) is 18.2 Å². The Morgan fingerprint density at radius 1 is 1.00 bits per heavy atom. The van der Waals surface area contributed by atoms with Gasteiger partial charge in [-0.25, -0.2) is 0 Å². The molecule has 3 nitrogen and oxygen atoms in total. The summed E-state index contributed by atoms with van der Waals surface area (Å²) in [6, 6.07) is 15.6. The van der Waals surface area contributed by atoms with E-state index >= 15 is 0 Å². The highest BCUT2D eigenvalue weighted by Gasteiger charge is 2.26. The molecular formula is C22H26N2O. The number of nitrogens with zero attached hydrogens (tertiary/aromatic N) is 1. The third-order valence-electron chi connectivity index (χ3n) is 5.82. The lowest BCUT2D eigenvalue weighted by Gasteiger charge is -2.36. The summed E-state index contributed by atoms with van der Waals surface area (Å²) in [5.41, 5.74) is 6.01. The lowest BCUT2D eigenvalue weighted by atomic mass is 9.91. The third kappa shape index (κ3) is 3.34. The average molecular weight is 334 g/mol. The van der Waals surface area contributed by atoms with Crippen LogP contribution in [0.25, 0.3) is 11.1 Å². The molecule has 3 heteroatoms. The van der Waals surface area contributed by atoms with Crippen molar-refractivity contribution in [3.8, 4) is 11.1 Å². The van der Waals surface area contributed by atoms with Crippen LogP contribution in [0.4, 0.5) is 0 Å². The first-order chi connectivity index (χ1) is 12.2. The number of amides is 1. The van der Waals surface area contributed by atoms with Crippen LogP contribution in [0, 0.1) is 0 Å². The third-order valence-corrected chi connectivity index (χ3v) is 5.82. The summed E-state index contributed by atoms with van der Waals surface area (Å²) < 4.78 is 0. The minimum atomic E-state index is -0.0345. The summed E-state index contributed by atoms with van der Waals surface area (Å²) in [4.78, 5) is 14.6. The molecule has 25 heavy (non-hydrogen) atoms. The Morgan fingerprint density at radius 3 is 2.48 bits per heavy atom.